The van der Waals surface area contributed by atoms with Gasteiger partial charge in [0.1, 0.15) is 5.75 Å². The van der Waals surface area contributed by atoms with Gasteiger partial charge in [0.2, 0.25) is 0 Å². The number of amides is 1. The molecule has 1 amide bonds. The average Bonchev–Trinajstić information content (AvgIpc) is 2.65. The lowest BCUT2D eigenvalue weighted by molar-refractivity contribution is -0.127. The van der Waals surface area contributed by atoms with Gasteiger partial charge in [-0.15, -0.1) is 0 Å². The first-order valence-corrected chi connectivity index (χ1v) is 10.1. The van der Waals surface area contributed by atoms with Gasteiger partial charge in [-0.2, -0.15) is 0 Å². The van der Waals surface area contributed by atoms with Crippen molar-refractivity contribution < 1.29 is 9.53 Å². The number of hydrogen-bond acceptors (Lipinski definition) is 2. The van der Waals surface area contributed by atoms with Crippen molar-refractivity contribution in [3.05, 3.63) is 63.2 Å². The van der Waals surface area contributed by atoms with Crippen molar-refractivity contribution in [3.8, 4) is 5.75 Å². The van der Waals surface area contributed by atoms with E-state index in [0.717, 1.165) is 28.1 Å². The molecule has 0 unspecified atom stereocenters. The summed E-state index contributed by atoms with van der Waals surface area (Å²) in [4.78, 5) is 12.6. The Kier molecular flexibility index (Phi) is 6.11. The fourth-order valence-corrected chi connectivity index (χ4v) is 3.78. The summed E-state index contributed by atoms with van der Waals surface area (Å²) in [5.41, 5.74) is 5.92. The van der Waals surface area contributed by atoms with Crippen molar-refractivity contribution in [3.63, 3.8) is 0 Å². The topological polar surface area (TPSA) is 38.3 Å². The molecule has 1 N–H and O–H groups in total. The maximum Gasteiger partial charge on any atom is 0.261 e. The minimum atomic E-state index is -0.579. The van der Waals surface area contributed by atoms with Crippen molar-refractivity contribution >= 4 is 17.5 Å². The molecular weight excluding hydrogens is 358 g/mol. The summed E-state index contributed by atoms with van der Waals surface area (Å²) in [5.74, 6) is 0.545. The molecular formula is C23H28ClNO2. The highest BCUT2D eigenvalue weighted by Crippen LogP contribution is 2.27. The van der Waals surface area contributed by atoms with Gasteiger partial charge < -0.3 is 10.1 Å². The Hall–Kier alpha value is -2.00. The van der Waals surface area contributed by atoms with Crippen LogP contribution in [0.2, 0.25) is 5.02 Å². The first-order valence-electron chi connectivity index (χ1n) is 9.70. The largest absolute Gasteiger partial charge is 0.481 e. The Morgan fingerprint density at radius 3 is 2.33 bits per heavy atom. The normalized spacial score (nSPS) is 15.6. The molecule has 144 valence electrons. The van der Waals surface area contributed by atoms with Crippen LogP contribution in [0.5, 0.6) is 5.75 Å². The van der Waals surface area contributed by atoms with E-state index in [1.54, 1.807) is 6.92 Å². The number of ether oxygens (including phenoxy) is 1. The molecule has 4 heteroatoms. The van der Waals surface area contributed by atoms with E-state index in [9.17, 15) is 4.79 Å². The Morgan fingerprint density at radius 1 is 1.04 bits per heavy atom. The molecule has 0 aromatic heterocycles. The minimum absolute atomic E-state index is 0.0514. The second-order valence-corrected chi connectivity index (χ2v) is 7.97. The van der Waals surface area contributed by atoms with E-state index in [2.05, 4.69) is 23.5 Å². The molecule has 0 bridgehead atoms. The number of carbonyl (C=O) groups excluding carboxylic acids is 1. The fourth-order valence-electron chi connectivity index (χ4n) is 3.67. The summed E-state index contributed by atoms with van der Waals surface area (Å²) < 4.78 is 5.85. The molecule has 0 aliphatic heterocycles. The van der Waals surface area contributed by atoms with Gasteiger partial charge in [-0.25, -0.2) is 0 Å². The molecule has 1 aliphatic carbocycles. The second-order valence-electron chi connectivity index (χ2n) is 7.60. The third-order valence-corrected chi connectivity index (χ3v) is 5.92. The van der Waals surface area contributed by atoms with Crippen LogP contribution in [-0.2, 0) is 17.6 Å². The quantitative estimate of drug-likeness (QED) is 0.739. The molecule has 0 fully saturated rings. The average molecular weight is 386 g/mol. The van der Waals surface area contributed by atoms with E-state index >= 15 is 0 Å². The maximum atomic E-state index is 12.6. The zero-order valence-electron chi connectivity index (χ0n) is 16.6. The Morgan fingerprint density at radius 2 is 1.67 bits per heavy atom. The number of hydrogen-bond donors (Lipinski definition) is 1. The first kappa shape index (κ1) is 19.8. The number of fused-ring (bicyclic) bond motifs is 1. The van der Waals surface area contributed by atoms with Crippen molar-refractivity contribution in [1.29, 1.82) is 0 Å². The van der Waals surface area contributed by atoms with Gasteiger partial charge in [-0.05, 0) is 93.3 Å². The van der Waals surface area contributed by atoms with Crippen molar-refractivity contribution in [2.75, 3.05) is 0 Å². The number of carbonyl (C=O) groups is 1. The molecule has 1 aliphatic rings. The fraction of sp³-hybridized carbons (Fsp3) is 0.435. The van der Waals surface area contributed by atoms with Crippen molar-refractivity contribution in [2.24, 2.45) is 0 Å². The standard InChI is InChI=1S/C23H28ClNO2/c1-14-11-21(12-15(2)22(14)24)27-17(4)23(26)25-16(3)19-10-9-18-7-5-6-8-20(18)13-19/h9-13,16-17H,5-8H2,1-4H3,(H,25,26)/t16-,17-/m1/s1. The summed E-state index contributed by atoms with van der Waals surface area (Å²) >= 11 is 6.20. The number of rotatable bonds is 5. The van der Waals surface area contributed by atoms with Gasteiger partial charge in [0, 0.05) is 5.02 Å². The SMILES string of the molecule is Cc1cc(O[C@H](C)C(=O)N[C@H](C)c2ccc3c(c2)CCCC3)cc(C)c1Cl. The predicted octanol–water partition coefficient (Wildman–Crippen LogP) is 5.48. The van der Waals surface area contributed by atoms with Crippen LogP contribution in [0.4, 0.5) is 0 Å². The van der Waals surface area contributed by atoms with Crippen LogP contribution in [0.1, 0.15) is 60.5 Å². The second kappa shape index (κ2) is 8.35. The van der Waals surface area contributed by atoms with Crippen LogP contribution >= 0.6 is 11.6 Å². The molecule has 2 aromatic carbocycles. The zero-order valence-corrected chi connectivity index (χ0v) is 17.3. The maximum absolute atomic E-state index is 12.6. The third kappa shape index (κ3) is 4.65. The molecule has 3 rings (SSSR count). The number of halogens is 1. The van der Waals surface area contributed by atoms with Gasteiger partial charge in [0.15, 0.2) is 6.10 Å². The summed E-state index contributed by atoms with van der Waals surface area (Å²) in [6.07, 6.45) is 4.25. The lowest BCUT2D eigenvalue weighted by Gasteiger charge is -2.22. The first-order chi connectivity index (χ1) is 12.8. The lowest BCUT2D eigenvalue weighted by Crippen LogP contribution is -2.37. The van der Waals surface area contributed by atoms with Gasteiger partial charge in [0.05, 0.1) is 6.04 Å². The Bertz CT molecular complexity index is 823. The third-order valence-electron chi connectivity index (χ3n) is 5.32. The molecule has 2 aromatic rings. The van der Waals surface area contributed by atoms with Gasteiger partial charge >= 0.3 is 0 Å². The van der Waals surface area contributed by atoms with E-state index in [1.165, 1.54) is 30.4 Å². The lowest BCUT2D eigenvalue weighted by atomic mass is 9.89. The number of benzene rings is 2. The monoisotopic (exact) mass is 385 g/mol. The van der Waals surface area contributed by atoms with E-state index in [0.29, 0.717) is 5.75 Å². The van der Waals surface area contributed by atoms with Crippen LogP contribution < -0.4 is 10.1 Å². The van der Waals surface area contributed by atoms with Crippen molar-refractivity contribution in [2.45, 2.75) is 65.5 Å². The number of nitrogens with one attached hydrogen (secondary N) is 1. The molecule has 0 heterocycles. The van der Waals surface area contributed by atoms with Crippen molar-refractivity contribution in [1.82, 2.24) is 5.32 Å². The number of aryl methyl sites for hydroxylation is 4. The molecule has 3 nitrogen and oxygen atoms in total. The van der Waals surface area contributed by atoms with E-state index in [1.807, 2.05) is 32.9 Å². The molecule has 0 saturated heterocycles. The van der Waals surface area contributed by atoms with E-state index in [4.69, 9.17) is 16.3 Å². The Labute approximate surface area is 167 Å². The zero-order chi connectivity index (χ0) is 19.6. The predicted molar refractivity (Wildman–Crippen MR) is 111 cm³/mol. The van der Waals surface area contributed by atoms with Crippen LogP contribution in [0.3, 0.4) is 0 Å². The van der Waals surface area contributed by atoms with Crippen LogP contribution in [-0.4, -0.2) is 12.0 Å². The van der Waals surface area contributed by atoms with E-state index < -0.39 is 6.10 Å². The van der Waals surface area contributed by atoms with Gasteiger partial charge in [-0.1, -0.05) is 29.8 Å². The molecule has 2 atom stereocenters. The van der Waals surface area contributed by atoms with E-state index in [-0.39, 0.29) is 11.9 Å². The summed E-state index contributed by atoms with van der Waals surface area (Å²) in [5, 5.41) is 3.81. The Balaban J connectivity index is 1.64. The van der Waals surface area contributed by atoms with Crippen LogP contribution in [0.15, 0.2) is 30.3 Å². The summed E-state index contributed by atoms with van der Waals surface area (Å²) in [6.45, 7) is 7.66. The van der Waals surface area contributed by atoms with Gasteiger partial charge in [0.25, 0.3) is 5.91 Å². The molecule has 0 radical (unpaired) electrons. The van der Waals surface area contributed by atoms with Gasteiger partial charge in [-0.3, -0.25) is 4.79 Å². The minimum Gasteiger partial charge on any atom is -0.481 e. The van der Waals surface area contributed by atoms with Crippen LogP contribution in [0, 0.1) is 13.8 Å². The summed E-state index contributed by atoms with van der Waals surface area (Å²) in [6, 6.07) is 10.3. The van der Waals surface area contributed by atoms with Crippen LogP contribution in [0.25, 0.3) is 0 Å². The molecule has 0 spiro atoms. The molecule has 27 heavy (non-hydrogen) atoms. The highest BCUT2D eigenvalue weighted by Gasteiger charge is 2.19. The smallest absolute Gasteiger partial charge is 0.261 e. The molecule has 0 saturated carbocycles. The highest BCUT2D eigenvalue weighted by molar-refractivity contribution is 6.32. The summed E-state index contributed by atoms with van der Waals surface area (Å²) in [7, 11) is 0. The highest BCUT2D eigenvalue weighted by atomic mass is 35.5.